The maximum absolute atomic E-state index is 8.83. The van der Waals surface area contributed by atoms with Gasteiger partial charge in [-0.1, -0.05) is 6.07 Å². The van der Waals surface area contributed by atoms with Gasteiger partial charge >= 0.3 is 0 Å². The van der Waals surface area contributed by atoms with Crippen molar-refractivity contribution < 1.29 is 0 Å². The van der Waals surface area contributed by atoms with Crippen molar-refractivity contribution in [2.75, 3.05) is 5.75 Å². The second-order valence-electron chi connectivity index (χ2n) is 4.91. The fourth-order valence-corrected chi connectivity index (χ4v) is 3.23. The van der Waals surface area contributed by atoms with Gasteiger partial charge in [0, 0.05) is 10.6 Å². The normalized spacial score (nSPS) is 17.2. The Morgan fingerprint density at radius 2 is 2.18 bits per heavy atom. The third kappa shape index (κ3) is 3.24. The Kier molecular flexibility index (Phi) is 3.76. The summed E-state index contributed by atoms with van der Waals surface area (Å²) in [5.41, 5.74) is 8.12. The lowest BCUT2D eigenvalue weighted by Crippen LogP contribution is -2.34. The van der Waals surface area contributed by atoms with E-state index < -0.39 is 5.54 Å². The predicted molar refractivity (Wildman–Crippen MR) is 72.0 cm³/mol. The summed E-state index contributed by atoms with van der Waals surface area (Å²) in [6, 6.07) is 8.87. The lowest BCUT2D eigenvalue weighted by atomic mass is 10.0. The fraction of sp³-hybridized carbons (Fsp3) is 0.500. The van der Waals surface area contributed by atoms with E-state index in [-0.39, 0.29) is 0 Å². The molecule has 2 rings (SSSR count). The minimum absolute atomic E-state index is 0.691. The lowest BCUT2D eigenvalue weighted by molar-refractivity contribution is 0.583. The highest BCUT2D eigenvalue weighted by Crippen LogP contribution is 2.28. The number of benzene rings is 1. The van der Waals surface area contributed by atoms with Gasteiger partial charge < -0.3 is 5.73 Å². The van der Waals surface area contributed by atoms with E-state index in [4.69, 9.17) is 11.0 Å². The van der Waals surface area contributed by atoms with Gasteiger partial charge in [-0.25, -0.2) is 0 Å². The molecule has 17 heavy (non-hydrogen) atoms. The lowest BCUT2D eigenvalue weighted by Gasteiger charge is -2.14. The SMILES string of the molecule is CC(N)(C#N)CCSc1ccc2c(c1)CCC2. The maximum atomic E-state index is 8.83. The van der Waals surface area contributed by atoms with Crippen LogP contribution in [0.1, 0.15) is 30.9 Å². The molecule has 90 valence electrons. The minimum Gasteiger partial charge on any atom is -0.314 e. The topological polar surface area (TPSA) is 49.8 Å². The summed E-state index contributed by atoms with van der Waals surface area (Å²) in [7, 11) is 0. The Morgan fingerprint density at radius 1 is 1.41 bits per heavy atom. The monoisotopic (exact) mass is 246 g/mol. The van der Waals surface area contributed by atoms with Crippen molar-refractivity contribution in [3.63, 3.8) is 0 Å². The van der Waals surface area contributed by atoms with Crippen molar-refractivity contribution in [3.8, 4) is 6.07 Å². The van der Waals surface area contributed by atoms with E-state index in [1.807, 2.05) is 0 Å². The van der Waals surface area contributed by atoms with E-state index in [1.54, 1.807) is 18.7 Å². The summed E-state index contributed by atoms with van der Waals surface area (Å²) in [5, 5.41) is 8.83. The average Bonchev–Trinajstić information content (AvgIpc) is 2.76. The summed E-state index contributed by atoms with van der Waals surface area (Å²) in [6.45, 7) is 1.79. The van der Waals surface area contributed by atoms with Gasteiger partial charge in [0.2, 0.25) is 0 Å². The summed E-state index contributed by atoms with van der Waals surface area (Å²) in [6.07, 6.45) is 4.47. The molecule has 2 N–H and O–H groups in total. The first-order valence-electron chi connectivity index (χ1n) is 6.05. The third-order valence-corrected chi connectivity index (χ3v) is 4.21. The van der Waals surface area contributed by atoms with E-state index in [1.165, 1.54) is 35.3 Å². The molecule has 2 nitrogen and oxygen atoms in total. The van der Waals surface area contributed by atoms with Gasteiger partial charge in [-0.05, 0) is 55.9 Å². The van der Waals surface area contributed by atoms with Crippen molar-refractivity contribution in [2.24, 2.45) is 5.73 Å². The molecule has 0 amide bonds. The van der Waals surface area contributed by atoms with Crippen LogP contribution in [0.15, 0.2) is 23.1 Å². The molecule has 3 heteroatoms. The number of nitrogens with zero attached hydrogens (tertiary/aromatic N) is 1. The smallest absolute Gasteiger partial charge is 0.102 e. The number of nitrogens with two attached hydrogens (primary N) is 1. The van der Waals surface area contributed by atoms with Crippen LogP contribution in [0.2, 0.25) is 0 Å². The highest BCUT2D eigenvalue weighted by molar-refractivity contribution is 7.99. The first-order chi connectivity index (χ1) is 8.11. The largest absolute Gasteiger partial charge is 0.314 e. The highest BCUT2D eigenvalue weighted by atomic mass is 32.2. The van der Waals surface area contributed by atoms with Crippen molar-refractivity contribution >= 4 is 11.8 Å². The number of rotatable bonds is 4. The predicted octanol–water partition coefficient (Wildman–Crippen LogP) is 2.90. The zero-order valence-electron chi connectivity index (χ0n) is 10.2. The molecule has 1 aliphatic carbocycles. The summed E-state index contributed by atoms with van der Waals surface area (Å²) in [5.74, 6) is 0.902. The standard InChI is InChI=1S/C14H18N2S/c1-14(16,10-15)7-8-17-13-6-5-11-3-2-4-12(11)9-13/h5-6,9H,2-4,7-8,16H2,1H3. The molecule has 0 fully saturated rings. The second-order valence-corrected chi connectivity index (χ2v) is 6.08. The van der Waals surface area contributed by atoms with Crippen LogP contribution in [0.3, 0.4) is 0 Å². The van der Waals surface area contributed by atoms with Crippen LogP contribution < -0.4 is 5.73 Å². The van der Waals surface area contributed by atoms with Crippen LogP contribution in [0.25, 0.3) is 0 Å². The molecule has 0 aromatic heterocycles. The summed E-state index contributed by atoms with van der Waals surface area (Å²) in [4.78, 5) is 1.30. The number of hydrogen-bond donors (Lipinski definition) is 1. The zero-order chi connectivity index (χ0) is 12.3. The Balaban J connectivity index is 1.90. The first-order valence-corrected chi connectivity index (χ1v) is 7.04. The molecule has 0 radical (unpaired) electrons. The number of fused-ring (bicyclic) bond motifs is 1. The van der Waals surface area contributed by atoms with Gasteiger partial charge in [0.25, 0.3) is 0 Å². The molecular formula is C14H18N2S. The van der Waals surface area contributed by atoms with E-state index in [2.05, 4.69) is 24.3 Å². The quantitative estimate of drug-likeness (QED) is 0.831. The summed E-state index contributed by atoms with van der Waals surface area (Å²) < 4.78 is 0. The van der Waals surface area contributed by atoms with Crippen LogP contribution in [-0.4, -0.2) is 11.3 Å². The average molecular weight is 246 g/mol. The van der Waals surface area contributed by atoms with Crippen LogP contribution in [0.5, 0.6) is 0 Å². The Bertz CT molecular complexity index is 446. The molecule has 1 aromatic carbocycles. The Hall–Kier alpha value is -0.980. The maximum Gasteiger partial charge on any atom is 0.102 e. The van der Waals surface area contributed by atoms with E-state index in [0.29, 0.717) is 0 Å². The van der Waals surface area contributed by atoms with Gasteiger partial charge in [0.15, 0.2) is 0 Å². The van der Waals surface area contributed by atoms with E-state index >= 15 is 0 Å². The highest BCUT2D eigenvalue weighted by Gasteiger charge is 2.17. The zero-order valence-corrected chi connectivity index (χ0v) is 11.0. The fourth-order valence-electron chi connectivity index (χ4n) is 2.07. The molecule has 1 aromatic rings. The third-order valence-electron chi connectivity index (χ3n) is 3.22. The molecular weight excluding hydrogens is 228 g/mol. The molecule has 0 aliphatic heterocycles. The molecule has 0 saturated heterocycles. The number of nitriles is 1. The summed E-state index contributed by atoms with van der Waals surface area (Å²) >= 11 is 1.80. The van der Waals surface area contributed by atoms with Crippen LogP contribution >= 0.6 is 11.8 Å². The van der Waals surface area contributed by atoms with Crippen molar-refractivity contribution in [2.45, 2.75) is 43.0 Å². The Morgan fingerprint density at radius 3 is 2.94 bits per heavy atom. The molecule has 1 aliphatic rings. The molecule has 0 bridgehead atoms. The van der Waals surface area contributed by atoms with Gasteiger partial charge in [0.1, 0.15) is 5.54 Å². The van der Waals surface area contributed by atoms with Gasteiger partial charge in [-0.2, -0.15) is 5.26 Å². The second kappa shape index (κ2) is 5.12. The van der Waals surface area contributed by atoms with Crippen LogP contribution in [0, 0.1) is 11.3 Å². The number of hydrogen-bond acceptors (Lipinski definition) is 3. The molecule has 1 unspecified atom stereocenters. The van der Waals surface area contributed by atoms with Crippen LogP contribution in [-0.2, 0) is 12.8 Å². The van der Waals surface area contributed by atoms with Crippen molar-refractivity contribution in [3.05, 3.63) is 29.3 Å². The minimum atomic E-state index is -0.691. The first kappa shape index (κ1) is 12.5. The van der Waals surface area contributed by atoms with Gasteiger partial charge in [-0.15, -0.1) is 11.8 Å². The van der Waals surface area contributed by atoms with Gasteiger partial charge in [-0.3, -0.25) is 0 Å². The molecule has 0 spiro atoms. The molecule has 0 heterocycles. The van der Waals surface area contributed by atoms with E-state index in [9.17, 15) is 0 Å². The van der Waals surface area contributed by atoms with Crippen LogP contribution in [0.4, 0.5) is 0 Å². The Labute approximate surface area is 107 Å². The number of thioether (sulfide) groups is 1. The van der Waals surface area contributed by atoms with Crippen molar-refractivity contribution in [1.82, 2.24) is 0 Å². The number of aryl methyl sites for hydroxylation is 2. The van der Waals surface area contributed by atoms with Crippen molar-refractivity contribution in [1.29, 1.82) is 5.26 Å². The molecule has 1 atom stereocenters. The molecule has 0 saturated carbocycles. The van der Waals surface area contributed by atoms with Gasteiger partial charge in [0.05, 0.1) is 6.07 Å². The van der Waals surface area contributed by atoms with E-state index in [0.717, 1.165) is 12.2 Å².